The van der Waals surface area contributed by atoms with Gasteiger partial charge in [-0.1, -0.05) is 0 Å². The Morgan fingerprint density at radius 3 is 2.62 bits per heavy atom. The Morgan fingerprint density at radius 1 is 1.24 bits per heavy atom. The molecular formula is C16H22BrN3O. The molecule has 0 bridgehead atoms. The highest BCUT2D eigenvalue weighted by Crippen LogP contribution is 2.23. The molecular weight excluding hydrogens is 330 g/mol. The van der Waals surface area contributed by atoms with E-state index in [-0.39, 0.29) is 5.91 Å². The zero-order valence-corrected chi connectivity index (χ0v) is 13.9. The zero-order chi connectivity index (χ0) is 14.7. The minimum Gasteiger partial charge on any atom is -0.337 e. The largest absolute Gasteiger partial charge is 0.337 e. The number of hydrogen-bond acceptors (Lipinski definition) is 3. The Hall–Kier alpha value is -0.940. The molecule has 2 aliphatic heterocycles. The first-order valence-electron chi connectivity index (χ1n) is 7.86. The van der Waals surface area contributed by atoms with Crippen molar-refractivity contribution in [2.24, 2.45) is 5.92 Å². The van der Waals surface area contributed by atoms with E-state index in [4.69, 9.17) is 0 Å². The molecule has 3 rings (SSSR count). The molecule has 2 fully saturated rings. The summed E-state index contributed by atoms with van der Waals surface area (Å²) in [5.41, 5.74) is 0.537. The van der Waals surface area contributed by atoms with Crippen molar-refractivity contribution in [2.45, 2.75) is 25.7 Å². The van der Waals surface area contributed by atoms with Crippen molar-refractivity contribution in [1.82, 2.24) is 14.8 Å². The van der Waals surface area contributed by atoms with Crippen LogP contribution in [0.4, 0.5) is 0 Å². The van der Waals surface area contributed by atoms with Crippen LogP contribution in [-0.2, 0) is 0 Å². The van der Waals surface area contributed by atoms with Crippen molar-refractivity contribution in [3.63, 3.8) is 0 Å². The maximum absolute atomic E-state index is 12.5. The Bertz CT molecular complexity index is 494. The molecule has 0 radical (unpaired) electrons. The minimum atomic E-state index is 0.0575. The van der Waals surface area contributed by atoms with Gasteiger partial charge in [0.25, 0.3) is 5.91 Å². The van der Waals surface area contributed by atoms with E-state index in [0.717, 1.165) is 36.3 Å². The molecule has 5 heteroatoms. The van der Waals surface area contributed by atoms with Crippen LogP contribution in [0, 0.1) is 5.92 Å². The summed E-state index contributed by atoms with van der Waals surface area (Å²) in [5.74, 6) is 0.807. The van der Waals surface area contributed by atoms with Gasteiger partial charge in [-0.3, -0.25) is 4.79 Å². The van der Waals surface area contributed by atoms with Crippen LogP contribution in [0.15, 0.2) is 22.8 Å². The van der Waals surface area contributed by atoms with Crippen LogP contribution in [0.1, 0.15) is 36.2 Å². The molecule has 0 aliphatic carbocycles. The van der Waals surface area contributed by atoms with Crippen LogP contribution in [-0.4, -0.2) is 53.4 Å². The van der Waals surface area contributed by atoms with Crippen molar-refractivity contribution >= 4 is 21.8 Å². The molecule has 2 aliphatic rings. The van der Waals surface area contributed by atoms with Crippen molar-refractivity contribution in [2.75, 3.05) is 32.7 Å². The number of carbonyl (C=O) groups is 1. The number of rotatable bonds is 3. The van der Waals surface area contributed by atoms with E-state index < -0.39 is 0 Å². The second-order valence-corrected chi connectivity index (χ2v) is 6.93. The summed E-state index contributed by atoms with van der Waals surface area (Å²) in [6, 6.07) is 3.71. The molecule has 0 N–H and O–H groups in total. The molecule has 114 valence electrons. The van der Waals surface area contributed by atoms with Crippen LogP contribution >= 0.6 is 15.9 Å². The third kappa shape index (κ3) is 3.64. The SMILES string of the molecule is O=C(c1ncccc1Br)N1CCC(CN2CCCC2)CC1. The molecule has 0 unspecified atom stereocenters. The highest BCUT2D eigenvalue weighted by atomic mass is 79.9. The van der Waals surface area contributed by atoms with Gasteiger partial charge in [0.05, 0.1) is 0 Å². The van der Waals surface area contributed by atoms with E-state index in [0.29, 0.717) is 5.69 Å². The van der Waals surface area contributed by atoms with Gasteiger partial charge in [-0.05, 0) is 72.8 Å². The predicted molar refractivity (Wildman–Crippen MR) is 86.2 cm³/mol. The number of likely N-dealkylation sites (tertiary alicyclic amines) is 2. The third-order valence-corrected chi connectivity index (χ3v) is 5.22. The number of amides is 1. The highest BCUT2D eigenvalue weighted by Gasteiger charge is 2.27. The number of carbonyl (C=O) groups excluding carboxylic acids is 1. The summed E-state index contributed by atoms with van der Waals surface area (Å²) in [4.78, 5) is 21.2. The molecule has 0 atom stereocenters. The average Bonchev–Trinajstić information content (AvgIpc) is 3.01. The topological polar surface area (TPSA) is 36.4 Å². The molecule has 1 aromatic heterocycles. The monoisotopic (exact) mass is 351 g/mol. The van der Waals surface area contributed by atoms with E-state index >= 15 is 0 Å². The fourth-order valence-corrected chi connectivity index (χ4v) is 3.77. The summed E-state index contributed by atoms with van der Waals surface area (Å²) in [6.07, 6.45) is 6.62. The molecule has 0 aromatic carbocycles. The van der Waals surface area contributed by atoms with Crippen molar-refractivity contribution < 1.29 is 4.79 Å². The van der Waals surface area contributed by atoms with E-state index in [9.17, 15) is 4.79 Å². The lowest BCUT2D eigenvalue weighted by Gasteiger charge is -2.33. The van der Waals surface area contributed by atoms with Crippen molar-refractivity contribution in [3.8, 4) is 0 Å². The second-order valence-electron chi connectivity index (χ2n) is 6.08. The molecule has 4 nitrogen and oxygen atoms in total. The number of nitrogens with zero attached hydrogens (tertiary/aromatic N) is 3. The molecule has 3 heterocycles. The smallest absolute Gasteiger partial charge is 0.273 e. The van der Waals surface area contributed by atoms with Gasteiger partial charge in [0.2, 0.25) is 0 Å². The van der Waals surface area contributed by atoms with E-state index in [2.05, 4.69) is 25.8 Å². The van der Waals surface area contributed by atoms with Gasteiger partial charge in [-0.15, -0.1) is 0 Å². The lowest BCUT2D eigenvalue weighted by atomic mass is 9.96. The fraction of sp³-hybridized carbons (Fsp3) is 0.625. The second kappa shape index (κ2) is 6.88. The molecule has 1 amide bonds. The van der Waals surface area contributed by atoms with Crippen LogP contribution < -0.4 is 0 Å². The van der Waals surface area contributed by atoms with E-state index in [1.54, 1.807) is 6.20 Å². The molecule has 21 heavy (non-hydrogen) atoms. The van der Waals surface area contributed by atoms with Gasteiger partial charge < -0.3 is 9.80 Å². The van der Waals surface area contributed by atoms with Crippen molar-refractivity contribution in [3.05, 3.63) is 28.5 Å². The highest BCUT2D eigenvalue weighted by molar-refractivity contribution is 9.10. The van der Waals surface area contributed by atoms with Gasteiger partial charge in [-0.2, -0.15) is 0 Å². The molecule has 0 saturated carbocycles. The average molecular weight is 352 g/mol. The zero-order valence-electron chi connectivity index (χ0n) is 12.3. The number of halogens is 1. The van der Waals surface area contributed by atoms with Crippen LogP contribution in [0.2, 0.25) is 0 Å². The van der Waals surface area contributed by atoms with Crippen LogP contribution in [0.25, 0.3) is 0 Å². The summed E-state index contributed by atoms with van der Waals surface area (Å²) in [7, 11) is 0. The Labute approximate surface area is 134 Å². The number of pyridine rings is 1. The fourth-order valence-electron chi connectivity index (χ4n) is 3.34. The quantitative estimate of drug-likeness (QED) is 0.839. The molecule has 1 aromatic rings. The summed E-state index contributed by atoms with van der Waals surface area (Å²) >= 11 is 3.42. The normalized spacial score (nSPS) is 20.9. The van der Waals surface area contributed by atoms with Crippen molar-refractivity contribution in [1.29, 1.82) is 0 Å². The van der Waals surface area contributed by atoms with Gasteiger partial charge in [-0.25, -0.2) is 4.98 Å². The van der Waals surface area contributed by atoms with E-state index in [1.165, 1.54) is 32.5 Å². The first kappa shape index (κ1) is 15.0. The third-order valence-electron chi connectivity index (χ3n) is 4.58. The maximum atomic E-state index is 12.5. The maximum Gasteiger partial charge on any atom is 0.273 e. The lowest BCUT2D eigenvalue weighted by molar-refractivity contribution is 0.0666. The standard InChI is InChI=1S/C16H22BrN3O/c17-14-4-3-7-18-15(14)16(21)20-10-5-13(6-11-20)12-19-8-1-2-9-19/h3-4,7,13H,1-2,5-6,8-12H2. The summed E-state index contributed by atoms with van der Waals surface area (Å²) in [5, 5.41) is 0. The first-order valence-corrected chi connectivity index (χ1v) is 8.65. The number of hydrogen-bond donors (Lipinski definition) is 0. The number of aromatic nitrogens is 1. The summed E-state index contributed by atoms with van der Waals surface area (Å²) in [6.45, 7) is 5.47. The summed E-state index contributed by atoms with van der Waals surface area (Å²) < 4.78 is 0.786. The predicted octanol–water partition coefficient (Wildman–Crippen LogP) is 2.79. The molecule has 2 saturated heterocycles. The first-order chi connectivity index (χ1) is 10.2. The van der Waals surface area contributed by atoms with E-state index in [1.807, 2.05) is 17.0 Å². The van der Waals surface area contributed by atoms with Gasteiger partial charge >= 0.3 is 0 Å². The van der Waals surface area contributed by atoms with Gasteiger partial charge in [0.15, 0.2) is 0 Å². The Balaban J connectivity index is 1.53. The van der Waals surface area contributed by atoms with Gasteiger partial charge in [0.1, 0.15) is 5.69 Å². The lowest BCUT2D eigenvalue weighted by Crippen LogP contribution is -2.41. The van der Waals surface area contributed by atoms with Crippen LogP contribution in [0.3, 0.4) is 0 Å². The van der Waals surface area contributed by atoms with Crippen LogP contribution in [0.5, 0.6) is 0 Å². The molecule has 0 spiro atoms. The minimum absolute atomic E-state index is 0.0575. The van der Waals surface area contributed by atoms with Gasteiger partial charge in [0, 0.05) is 30.3 Å². The Morgan fingerprint density at radius 2 is 1.95 bits per heavy atom. The Kier molecular flexibility index (Phi) is 4.91. The number of piperidine rings is 1.